The first kappa shape index (κ1) is 12.8. The van der Waals surface area contributed by atoms with Crippen LogP contribution in [-0.2, 0) is 4.74 Å². The SMILES string of the molecule is COC(=O)c1cnc(OCC2CCCCC2)cn1. The van der Waals surface area contributed by atoms with Crippen LogP contribution in [0.15, 0.2) is 12.4 Å². The lowest BCUT2D eigenvalue weighted by Crippen LogP contribution is -2.16. The van der Waals surface area contributed by atoms with E-state index in [1.165, 1.54) is 51.6 Å². The fourth-order valence-electron chi connectivity index (χ4n) is 2.16. The number of carbonyl (C=O) groups excluding carboxylic acids is 1. The zero-order chi connectivity index (χ0) is 12.8. The number of methoxy groups -OCH3 is 1. The molecule has 1 heterocycles. The Balaban J connectivity index is 1.84. The van der Waals surface area contributed by atoms with Gasteiger partial charge in [0.15, 0.2) is 5.69 Å². The molecular weight excluding hydrogens is 232 g/mol. The third-order valence-electron chi connectivity index (χ3n) is 3.21. The fourth-order valence-corrected chi connectivity index (χ4v) is 2.16. The summed E-state index contributed by atoms with van der Waals surface area (Å²) < 4.78 is 10.1. The van der Waals surface area contributed by atoms with Crippen molar-refractivity contribution in [2.45, 2.75) is 32.1 Å². The van der Waals surface area contributed by atoms with Gasteiger partial charge in [0.2, 0.25) is 5.88 Å². The van der Waals surface area contributed by atoms with Crippen molar-refractivity contribution < 1.29 is 14.3 Å². The van der Waals surface area contributed by atoms with Gasteiger partial charge in [0, 0.05) is 0 Å². The van der Waals surface area contributed by atoms with Crippen LogP contribution >= 0.6 is 0 Å². The van der Waals surface area contributed by atoms with E-state index in [0.29, 0.717) is 18.4 Å². The highest BCUT2D eigenvalue weighted by Crippen LogP contribution is 2.24. The van der Waals surface area contributed by atoms with Gasteiger partial charge in [-0.25, -0.2) is 14.8 Å². The van der Waals surface area contributed by atoms with E-state index in [9.17, 15) is 4.79 Å². The van der Waals surface area contributed by atoms with E-state index in [4.69, 9.17) is 4.74 Å². The standard InChI is InChI=1S/C13H18N2O3/c1-17-13(16)11-7-15-12(8-14-11)18-9-10-5-3-2-4-6-10/h7-8,10H,2-6,9H2,1H3. The number of hydrogen-bond donors (Lipinski definition) is 0. The first-order chi connectivity index (χ1) is 8.79. The van der Waals surface area contributed by atoms with Crippen molar-refractivity contribution in [2.24, 2.45) is 5.92 Å². The molecule has 0 amide bonds. The summed E-state index contributed by atoms with van der Waals surface area (Å²) in [6, 6.07) is 0. The average Bonchev–Trinajstić information content (AvgIpc) is 2.46. The van der Waals surface area contributed by atoms with Crippen molar-refractivity contribution in [3.05, 3.63) is 18.1 Å². The maximum Gasteiger partial charge on any atom is 0.358 e. The van der Waals surface area contributed by atoms with Gasteiger partial charge in [0.05, 0.1) is 26.1 Å². The molecule has 1 aromatic heterocycles. The lowest BCUT2D eigenvalue weighted by atomic mass is 9.90. The Morgan fingerprint density at radius 1 is 1.28 bits per heavy atom. The van der Waals surface area contributed by atoms with Crippen LogP contribution in [0.5, 0.6) is 5.88 Å². The molecule has 0 atom stereocenters. The van der Waals surface area contributed by atoms with Crippen molar-refractivity contribution in [3.8, 4) is 5.88 Å². The molecular formula is C13H18N2O3. The number of hydrogen-bond acceptors (Lipinski definition) is 5. The van der Waals surface area contributed by atoms with Crippen molar-refractivity contribution in [3.63, 3.8) is 0 Å². The molecule has 5 nitrogen and oxygen atoms in total. The van der Waals surface area contributed by atoms with E-state index >= 15 is 0 Å². The quantitative estimate of drug-likeness (QED) is 0.767. The summed E-state index contributed by atoms with van der Waals surface area (Å²) in [6.45, 7) is 0.687. The summed E-state index contributed by atoms with van der Waals surface area (Å²) in [5, 5.41) is 0. The topological polar surface area (TPSA) is 61.3 Å². The van der Waals surface area contributed by atoms with Gasteiger partial charge in [-0.05, 0) is 18.8 Å². The Hall–Kier alpha value is -1.65. The molecule has 0 saturated heterocycles. The lowest BCUT2D eigenvalue weighted by molar-refractivity contribution is 0.0593. The molecule has 0 radical (unpaired) electrons. The molecule has 2 rings (SSSR count). The second-order valence-electron chi connectivity index (χ2n) is 4.55. The first-order valence-corrected chi connectivity index (χ1v) is 6.33. The average molecular weight is 250 g/mol. The predicted molar refractivity (Wildman–Crippen MR) is 65.4 cm³/mol. The fraction of sp³-hybridized carbons (Fsp3) is 0.615. The molecule has 1 aromatic rings. The first-order valence-electron chi connectivity index (χ1n) is 6.33. The summed E-state index contributed by atoms with van der Waals surface area (Å²) >= 11 is 0. The lowest BCUT2D eigenvalue weighted by Gasteiger charge is -2.21. The summed E-state index contributed by atoms with van der Waals surface area (Å²) in [4.78, 5) is 19.2. The van der Waals surface area contributed by atoms with E-state index < -0.39 is 5.97 Å². The number of carbonyl (C=O) groups is 1. The molecule has 0 aromatic carbocycles. The maximum absolute atomic E-state index is 11.2. The normalized spacial score (nSPS) is 16.3. The van der Waals surface area contributed by atoms with Crippen LogP contribution in [0.1, 0.15) is 42.6 Å². The van der Waals surface area contributed by atoms with Crippen LogP contribution in [0.3, 0.4) is 0 Å². The van der Waals surface area contributed by atoms with E-state index in [1.807, 2.05) is 0 Å². The molecule has 0 N–H and O–H groups in total. The van der Waals surface area contributed by atoms with Gasteiger partial charge in [-0.1, -0.05) is 19.3 Å². The molecule has 1 aliphatic carbocycles. The number of aromatic nitrogens is 2. The van der Waals surface area contributed by atoms with Crippen molar-refractivity contribution in [1.29, 1.82) is 0 Å². The third kappa shape index (κ3) is 3.42. The Morgan fingerprint density at radius 2 is 2.06 bits per heavy atom. The van der Waals surface area contributed by atoms with Gasteiger partial charge in [-0.3, -0.25) is 0 Å². The van der Waals surface area contributed by atoms with Crippen molar-refractivity contribution in [1.82, 2.24) is 9.97 Å². The number of rotatable bonds is 4. The van der Waals surface area contributed by atoms with Crippen LogP contribution in [0.2, 0.25) is 0 Å². The molecule has 1 aliphatic rings. The summed E-state index contributed by atoms with van der Waals surface area (Å²) in [7, 11) is 1.32. The Morgan fingerprint density at radius 3 is 2.67 bits per heavy atom. The number of esters is 1. The summed E-state index contributed by atoms with van der Waals surface area (Å²) in [5.74, 6) is 0.607. The Labute approximate surface area is 107 Å². The van der Waals surface area contributed by atoms with E-state index in [0.717, 1.165) is 0 Å². The maximum atomic E-state index is 11.2. The van der Waals surface area contributed by atoms with Crippen molar-refractivity contribution in [2.75, 3.05) is 13.7 Å². The molecule has 0 unspecified atom stereocenters. The molecule has 1 saturated carbocycles. The highest BCUT2D eigenvalue weighted by atomic mass is 16.5. The molecule has 0 bridgehead atoms. The zero-order valence-corrected chi connectivity index (χ0v) is 10.6. The monoisotopic (exact) mass is 250 g/mol. The second kappa shape index (κ2) is 6.33. The van der Waals surface area contributed by atoms with Crippen LogP contribution in [0.25, 0.3) is 0 Å². The molecule has 5 heteroatoms. The van der Waals surface area contributed by atoms with Gasteiger partial charge in [-0.2, -0.15) is 0 Å². The molecule has 98 valence electrons. The van der Waals surface area contributed by atoms with E-state index in [2.05, 4.69) is 14.7 Å². The van der Waals surface area contributed by atoms with Gasteiger partial charge >= 0.3 is 5.97 Å². The smallest absolute Gasteiger partial charge is 0.358 e. The Kier molecular flexibility index (Phi) is 4.50. The van der Waals surface area contributed by atoms with Gasteiger partial charge in [0.1, 0.15) is 0 Å². The highest BCUT2D eigenvalue weighted by molar-refractivity contribution is 5.86. The molecule has 0 spiro atoms. The van der Waals surface area contributed by atoms with E-state index in [-0.39, 0.29) is 5.69 Å². The molecule has 0 aliphatic heterocycles. The minimum absolute atomic E-state index is 0.197. The van der Waals surface area contributed by atoms with Gasteiger partial charge < -0.3 is 9.47 Å². The van der Waals surface area contributed by atoms with Crippen LogP contribution in [0.4, 0.5) is 0 Å². The number of nitrogens with zero attached hydrogens (tertiary/aromatic N) is 2. The Bertz CT molecular complexity index is 386. The minimum atomic E-state index is -0.485. The minimum Gasteiger partial charge on any atom is -0.476 e. The zero-order valence-electron chi connectivity index (χ0n) is 10.6. The van der Waals surface area contributed by atoms with Gasteiger partial charge in [-0.15, -0.1) is 0 Å². The molecule has 1 fully saturated rings. The predicted octanol–water partition coefficient (Wildman–Crippen LogP) is 2.22. The summed E-state index contributed by atoms with van der Waals surface area (Å²) in [6.07, 6.45) is 9.23. The van der Waals surface area contributed by atoms with Crippen LogP contribution in [0, 0.1) is 5.92 Å². The summed E-state index contributed by atoms with van der Waals surface area (Å²) in [5.41, 5.74) is 0.197. The molecule has 18 heavy (non-hydrogen) atoms. The highest BCUT2D eigenvalue weighted by Gasteiger charge is 2.14. The largest absolute Gasteiger partial charge is 0.476 e. The number of ether oxygens (including phenoxy) is 2. The van der Waals surface area contributed by atoms with Crippen LogP contribution in [-0.4, -0.2) is 29.7 Å². The van der Waals surface area contributed by atoms with Crippen molar-refractivity contribution >= 4 is 5.97 Å². The van der Waals surface area contributed by atoms with Crippen LogP contribution < -0.4 is 4.74 Å². The second-order valence-corrected chi connectivity index (χ2v) is 4.55. The third-order valence-corrected chi connectivity index (χ3v) is 3.21. The van der Waals surface area contributed by atoms with E-state index in [1.54, 1.807) is 0 Å². The van der Waals surface area contributed by atoms with Gasteiger partial charge in [0.25, 0.3) is 0 Å².